The average Bonchev–Trinajstić information content (AvgIpc) is 2.15. The summed E-state index contributed by atoms with van der Waals surface area (Å²) in [4.78, 5) is 0. The Hall–Kier alpha value is -1.39. The number of rotatable bonds is 2. The van der Waals surface area contributed by atoms with Gasteiger partial charge < -0.3 is 10.1 Å². The van der Waals surface area contributed by atoms with Crippen LogP contribution in [0.1, 0.15) is 5.56 Å². The van der Waals surface area contributed by atoms with Crippen LogP contribution in [0.3, 0.4) is 0 Å². The van der Waals surface area contributed by atoms with Gasteiger partial charge in [0.15, 0.2) is 0 Å². The average molecular weight is 205 g/mol. The summed E-state index contributed by atoms with van der Waals surface area (Å²) >= 11 is 0. The Balaban J connectivity index is 3.18. The molecule has 0 spiro atoms. The number of benzene rings is 1. The Morgan fingerprint density at radius 3 is 2.36 bits per heavy atom. The van der Waals surface area contributed by atoms with Gasteiger partial charge >= 0.3 is 6.18 Å². The van der Waals surface area contributed by atoms with Crippen LogP contribution in [0.2, 0.25) is 0 Å². The van der Waals surface area contributed by atoms with E-state index in [0.717, 1.165) is 6.07 Å². The van der Waals surface area contributed by atoms with Crippen LogP contribution in [-0.4, -0.2) is 14.2 Å². The fourth-order valence-corrected chi connectivity index (χ4v) is 1.10. The second-order valence-corrected chi connectivity index (χ2v) is 2.66. The van der Waals surface area contributed by atoms with E-state index in [9.17, 15) is 13.2 Å². The number of halogens is 3. The van der Waals surface area contributed by atoms with Crippen molar-refractivity contribution in [3.8, 4) is 5.75 Å². The van der Waals surface area contributed by atoms with E-state index in [-0.39, 0.29) is 5.69 Å². The number of alkyl halides is 3. The maximum atomic E-state index is 12.4. The third kappa shape index (κ3) is 2.10. The number of nitrogens with one attached hydrogen (secondary N) is 1. The molecule has 0 bridgehead atoms. The summed E-state index contributed by atoms with van der Waals surface area (Å²) in [6.07, 6.45) is -4.34. The Labute approximate surface area is 79.7 Å². The van der Waals surface area contributed by atoms with E-state index < -0.39 is 11.7 Å². The van der Waals surface area contributed by atoms with Crippen LogP contribution in [0.15, 0.2) is 18.2 Å². The van der Waals surface area contributed by atoms with Crippen molar-refractivity contribution in [2.24, 2.45) is 0 Å². The largest absolute Gasteiger partial charge is 0.497 e. The zero-order valence-electron chi connectivity index (χ0n) is 7.77. The highest BCUT2D eigenvalue weighted by Crippen LogP contribution is 2.36. The predicted octanol–water partition coefficient (Wildman–Crippen LogP) is 2.76. The lowest BCUT2D eigenvalue weighted by atomic mass is 10.1. The van der Waals surface area contributed by atoms with Crippen molar-refractivity contribution in [3.05, 3.63) is 23.8 Å². The minimum Gasteiger partial charge on any atom is -0.497 e. The Morgan fingerprint density at radius 2 is 1.93 bits per heavy atom. The molecule has 0 amide bonds. The summed E-state index contributed by atoms with van der Waals surface area (Å²) in [6.45, 7) is 0. The van der Waals surface area contributed by atoms with Crippen molar-refractivity contribution in [1.29, 1.82) is 0 Å². The van der Waals surface area contributed by atoms with Gasteiger partial charge in [-0.3, -0.25) is 0 Å². The lowest BCUT2D eigenvalue weighted by molar-refractivity contribution is -0.136. The van der Waals surface area contributed by atoms with Gasteiger partial charge in [0, 0.05) is 18.8 Å². The molecule has 0 aliphatic heterocycles. The molecule has 5 heteroatoms. The monoisotopic (exact) mass is 205 g/mol. The number of hydrogen-bond donors (Lipinski definition) is 1. The maximum Gasteiger partial charge on any atom is 0.418 e. The lowest BCUT2D eigenvalue weighted by Gasteiger charge is -2.13. The molecule has 0 fully saturated rings. The Kier molecular flexibility index (Phi) is 2.88. The minimum atomic E-state index is -4.34. The molecule has 14 heavy (non-hydrogen) atoms. The lowest BCUT2D eigenvalue weighted by Crippen LogP contribution is -2.08. The molecule has 78 valence electrons. The van der Waals surface area contributed by atoms with Crippen LogP contribution in [0, 0.1) is 0 Å². The first-order valence-corrected chi connectivity index (χ1v) is 3.92. The molecule has 0 radical (unpaired) electrons. The molecular weight excluding hydrogens is 195 g/mol. The zero-order chi connectivity index (χ0) is 10.8. The highest BCUT2D eigenvalue weighted by atomic mass is 19.4. The molecule has 0 saturated heterocycles. The van der Waals surface area contributed by atoms with Crippen LogP contribution >= 0.6 is 0 Å². The molecule has 0 saturated carbocycles. The number of ether oxygens (including phenoxy) is 1. The predicted molar refractivity (Wildman–Crippen MR) is 47.5 cm³/mol. The van der Waals surface area contributed by atoms with Crippen LogP contribution in [0.5, 0.6) is 5.75 Å². The standard InChI is InChI=1S/C9H10F3NO/c1-13-8-5-6(14-2)3-4-7(8)9(10,11)12/h3-5,13H,1-2H3. The van der Waals surface area contributed by atoms with E-state index in [0.29, 0.717) is 5.75 Å². The van der Waals surface area contributed by atoms with Gasteiger partial charge in [0.2, 0.25) is 0 Å². The molecule has 0 aromatic heterocycles. The summed E-state index contributed by atoms with van der Waals surface area (Å²) in [5.41, 5.74) is -0.683. The minimum absolute atomic E-state index is 0.0110. The normalized spacial score (nSPS) is 11.2. The van der Waals surface area contributed by atoms with Crippen LogP contribution in [-0.2, 0) is 6.18 Å². The number of hydrogen-bond acceptors (Lipinski definition) is 2. The van der Waals surface area contributed by atoms with Gasteiger partial charge in [-0.15, -0.1) is 0 Å². The molecule has 2 nitrogen and oxygen atoms in total. The van der Waals surface area contributed by atoms with Gasteiger partial charge in [-0.1, -0.05) is 0 Å². The number of anilines is 1. The first-order valence-electron chi connectivity index (χ1n) is 3.92. The Bertz CT molecular complexity index is 322. The summed E-state index contributed by atoms with van der Waals surface area (Å²) in [6, 6.07) is 3.58. The third-order valence-electron chi connectivity index (χ3n) is 1.80. The van der Waals surface area contributed by atoms with Crippen molar-refractivity contribution in [2.75, 3.05) is 19.5 Å². The molecule has 0 heterocycles. The summed E-state index contributed by atoms with van der Waals surface area (Å²) in [7, 11) is 2.84. The van der Waals surface area contributed by atoms with Gasteiger partial charge in [0.25, 0.3) is 0 Å². The van der Waals surface area contributed by atoms with Gasteiger partial charge in [-0.25, -0.2) is 0 Å². The smallest absolute Gasteiger partial charge is 0.418 e. The fraction of sp³-hybridized carbons (Fsp3) is 0.333. The van der Waals surface area contributed by atoms with Crippen LogP contribution in [0.4, 0.5) is 18.9 Å². The zero-order valence-corrected chi connectivity index (χ0v) is 7.77. The highest BCUT2D eigenvalue weighted by molar-refractivity contribution is 5.56. The van der Waals surface area contributed by atoms with Crippen molar-refractivity contribution < 1.29 is 17.9 Å². The van der Waals surface area contributed by atoms with E-state index in [4.69, 9.17) is 4.74 Å². The molecule has 1 N–H and O–H groups in total. The topological polar surface area (TPSA) is 21.3 Å². The Morgan fingerprint density at radius 1 is 1.29 bits per heavy atom. The van der Waals surface area contributed by atoms with Crippen molar-refractivity contribution in [2.45, 2.75) is 6.18 Å². The fourth-order valence-electron chi connectivity index (χ4n) is 1.10. The van der Waals surface area contributed by atoms with E-state index in [2.05, 4.69) is 5.32 Å². The van der Waals surface area contributed by atoms with Crippen LogP contribution in [0.25, 0.3) is 0 Å². The van der Waals surface area contributed by atoms with Gasteiger partial charge in [-0.2, -0.15) is 13.2 Å². The second-order valence-electron chi connectivity index (χ2n) is 2.66. The molecule has 0 atom stereocenters. The summed E-state index contributed by atoms with van der Waals surface area (Å²) in [5, 5.41) is 2.48. The first-order chi connectivity index (χ1) is 6.49. The second kappa shape index (κ2) is 3.77. The molecule has 0 aliphatic rings. The SMILES string of the molecule is CNc1cc(OC)ccc1C(F)(F)F. The molecule has 0 aliphatic carbocycles. The molecule has 1 aromatic carbocycles. The summed E-state index contributed by atoms with van der Waals surface area (Å²) in [5.74, 6) is 0.391. The maximum absolute atomic E-state index is 12.4. The van der Waals surface area contributed by atoms with Gasteiger partial charge in [0.1, 0.15) is 5.75 Å². The van der Waals surface area contributed by atoms with Gasteiger partial charge in [-0.05, 0) is 12.1 Å². The molecule has 0 unspecified atom stereocenters. The first kappa shape index (κ1) is 10.7. The molecular formula is C9H10F3NO. The van der Waals surface area contributed by atoms with E-state index >= 15 is 0 Å². The van der Waals surface area contributed by atoms with Crippen molar-refractivity contribution in [3.63, 3.8) is 0 Å². The molecule has 1 aromatic rings. The summed E-state index contributed by atoms with van der Waals surface area (Å²) < 4.78 is 42.0. The number of methoxy groups -OCH3 is 1. The van der Waals surface area contributed by atoms with Crippen molar-refractivity contribution in [1.82, 2.24) is 0 Å². The van der Waals surface area contributed by atoms with E-state index in [1.807, 2.05) is 0 Å². The van der Waals surface area contributed by atoms with Gasteiger partial charge in [0.05, 0.1) is 12.7 Å². The van der Waals surface area contributed by atoms with E-state index in [1.165, 1.54) is 26.3 Å². The third-order valence-corrected chi connectivity index (χ3v) is 1.80. The molecule has 1 rings (SSSR count). The van der Waals surface area contributed by atoms with Crippen molar-refractivity contribution >= 4 is 5.69 Å². The van der Waals surface area contributed by atoms with Crippen LogP contribution < -0.4 is 10.1 Å². The van der Waals surface area contributed by atoms with E-state index in [1.54, 1.807) is 0 Å². The highest BCUT2D eigenvalue weighted by Gasteiger charge is 2.33. The quantitative estimate of drug-likeness (QED) is 0.801.